The lowest BCUT2D eigenvalue weighted by atomic mass is 9.91. The molecule has 0 saturated carbocycles. The van der Waals surface area contributed by atoms with Gasteiger partial charge in [-0.15, -0.1) is 11.3 Å². The van der Waals surface area contributed by atoms with Crippen molar-refractivity contribution in [3.8, 4) is 22.3 Å². The number of nitrogens with zero attached hydrogens (tertiary/aromatic N) is 1. The molecule has 0 aliphatic heterocycles. The van der Waals surface area contributed by atoms with Crippen LogP contribution in [0.25, 0.3) is 85.9 Å². The first-order chi connectivity index (χ1) is 26.3. The van der Waals surface area contributed by atoms with E-state index in [2.05, 4.69) is 181 Å². The lowest BCUT2D eigenvalue weighted by molar-refractivity contribution is 0.669. The van der Waals surface area contributed by atoms with Crippen molar-refractivity contribution in [2.75, 3.05) is 4.90 Å². The standard InChI is InChI=1S/C50H31NOS/c1-2-10-32(11-3-1)33-22-24-36(25-23-33)51(38-26-28-41-40-15-6-7-18-45(40)52-46(41)31-38)37-27-29-47-44(30-37)50-43(17-9-19-48(50)53-47)42-16-8-13-35-21-20-34-12-4-5-14-39(34)49(35)42/h1-31H. The summed E-state index contributed by atoms with van der Waals surface area (Å²) in [6, 6.07) is 68.0. The van der Waals surface area contributed by atoms with Crippen LogP contribution in [0.3, 0.4) is 0 Å². The third kappa shape index (κ3) is 4.86. The summed E-state index contributed by atoms with van der Waals surface area (Å²) < 4.78 is 8.97. The van der Waals surface area contributed by atoms with Gasteiger partial charge in [0.2, 0.25) is 0 Å². The number of benzene rings is 9. The number of hydrogen-bond donors (Lipinski definition) is 0. The number of anilines is 3. The van der Waals surface area contributed by atoms with Gasteiger partial charge in [0.1, 0.15) is 11.2 Å². The second kappa shape index (κ2) is 11.9. The van der Waals surface area contributed by atoms with Crippen LogP contribution in [0.15, 0.2) is 192 Å². The molecule has 2 heterocycles. The Labute approximate surface area is 310 Å². The number of furan rings is 1. The van der Waals surface area contributed by atoms with Crippen LogP contribution in [0.4, 0.5) is 17.1 Å². The van der Waals surface area contributed by atoms with Gasteiger partial charge in [0.05, 0.1) is 0 Å². The van der Waals surface area contributed by atoms with Gasteiger partial charge in [0.15, 0.2) is 0 Å². The highest BCUT2D eigenvalue weighted by atomic mass is 32.1. The van der Waals surface area contributed by atoms with Crippen LogP contribution in [-0.2, 0) is 0 Å². The number of fused-ring (bicyclic) bond motifs is 9. The summed E-state index contributed by atoms with van der Waals surface area (Å²) >= 11 is 1.86. The molecule has 11 rings (SSSR count). The van der Waals surface area contributed by atoms with Gasteiger partial charge in [-0.3, -0.25) is 0 Å². The second-order valence-corrected chi connectivity index (χ2v) is 14.8. The SMILES string of the molecule is c1ccc(-c2ccc(N(c3ccc4c(c3)oc3ccccc34)c3ccc4sc5cccc(-c6cccc7ccc8ccccc8c67)c5c4c3)cc2)cc1. The second-order valence-electron chi connectivity index (χ2n) is 13.7. The lowest BCUT2D eigenvalue weighted by Gasteiger charge is -2.26. The molecule has 0 amide bonds. The Morgan fingerprint density at radius 1 is 0.358 bits per heavy atom. The Balaban J connectivity index is 1.13. The van der Waals surface area contributed by atoms with Crippen LogP contribution < -0.4 is 4.90 Å². The van der Waals surface area contributed by atoms with E-state index in [0.717, 1.165) is 39.0 Å². The Bertz CT molecular complexity index is 3170. The molecule has 2 aromatic heterocycles. The smallest absolute Gasteiger partial charge is 0.137 e. The van der Waals surface area contributed by atoms with E-state index in [1.54, 1.807) is 0 Å². The summed E-state index contributed by atoms with van der Waals surface area (Å²) in [5.74, 6) is 0. The summed E-state index contributed by atoms with van der Waals surface area (Å²) in [6.45, 7) is 0. The zero-order valence-electron chi connectivity index (χ0n) is 28.7. The molecule has 0 aliphatic rings. The molecule has 0 spiro atoms. The van der Waals surface area contributed by atoms with E-state index in [0.29, 0.717) is 0 Å². The predicted octanol–water partition coefficient (Wildman–Crippen LogP) is 15.1. The largest absolute Gasteiger partial charge is 0.456 e. The van der Waals surface area contributed by atoms with E-state index < -0.39 is 0 Å². The summed E-state index contributed by atoms with van der Waals surface area (Å²) in [5, 5.41) is 9.89. The van der Waals surface area contributed by atoms with Crippen molar-refractivity contribution in [3.05, 3.63) is 188 Å². The molecule has 0 fully saturated rings. The number of rotatable bonds is 5. The summed E-state index contributed by atoms with van der Waals surface area (Å²) in [7, 11) is 0. The van der Waals surface area contributed by atoms with Gasteiger partial charge >= 0.3 is 0 Å². The van der Waals surface area contributed by atoms with E-state index >= 15 is 0 Å². The fraction of sp³-hybridized carbons (Fsp3) is 0. The minimum atomic E-state index is 0.877. The van der Waals surface area contributed by atoms with Crippen molar-refractivity contribution >= 4 is 92.1 Å². The minimum Gasteiger partial charge on any atom is -0.456 e. The molecular formula is C50H31NOS. The Kier molecular flexibility index (Phi) is 6.76. The summed E-state index contributed by atoms with van der Waals surface area (Å²) in [5.41, 5.74) is 9.92. The van der Waals surface area contributed by atoms with E-state index in [4.69, 9.17) is 4.42 Å². The molecule has 2 nitrogen and oxygen atoms in total. The monoisotopic (exact) mass is 693 g/mol. The van der Waals surface area contributed by atoms with Gasteiger partial charge in [-0.25, -0.2) is 0 Å². The fourth-order valence-electron chi connectivity index (χ4n) is 8.20. The topological polar surface area (TPSA) is 16.4 Å². The zero-order valence-corrected chi connectivity index (χ0v) is 29.5. The Hall–Kier alpha value is -6.68. The number of thiophene rings is 1. The number of hydrogen-bond acceptors (Lipinski definition) is 3. The van der Waals surface area contributed by atoms with E-state index in [9.17, 15) is 0 Å². The van der Waals surface area contributed by atoms with Crippen molar-refractivity contribution in [1.82, 2.24) is 0 Å². The molecule has 3 heteroatoms. The molecule has 0 unspecified atom stereocenters. The number of para-hydroxylation sites is 1. The van der Waals surface area contributed by atoms with Gasteiger partial charge in [-0.2, -0.15) is 0 Å². The van der Waals surface area contributed by atoms with Crippen molar-refractivity contribution in [3.63, 3.8) is 0 Å². The summed E-state index contributed by atoms with van der Waals surface area (Å²) in [4.78, 5) is 2.36. The molecule has 53 heavy (non-hydrogen) atoms. The maximum absolute atomic E-state index is 6.41. The average molecular weight is 694 g/mol. The van der Waals surface area contributed by atoms with E-state index in [1.807, 2.05) is 23.5 Å². The van der Waals surface area contributed by atoms with Crippen LogP contribution in [-0.4, -0.2) is 0 Å². The quantitative estimate of drug-likeness (QED) is 0.167. The molecule has 0 radical (unpaired) electrons. The highest BCUT2D eigenvalue weighted by Crippen LogP contribution is 2.46. The maximum Gasteiger partial charge on any atom is 0.137 e. The third-order valence-electron chi connectivity index (χ3n) is 10.6. The molecule has 0 atom stereocenters. The third-order valence-corrected chi connectivity index (χ3v) is 11.8. The van der Waals surface area contributed by atoms with Gasteiger partial charge < -0.3 is 9.32 Å². The summed E-state index contributed by atoms with van der Waals surface area (Å²) in [6.07, 6.45) is 0. The van der Waals surface area contributed by atoms with Gasteiger partial charge in [-0.05, 0) is 98.4 Å². The van der Waals surface area contributed by atoms with Crippen LogP contribution in [0, 0.1) is 0 Å². The molecule has 0 N–H and O–H groups in total. The first-order valence-electron chi connectivity index (χ1n) is 18.0. The molecule has 11 aromatic rings. The fourth-order valence-corrected chi connectivity index (χ4v) is 9.31. The first-order valence-corrected chi connectivity index (χ1v) is 18.8. The van der Waals surface area contributed by atoms with Crippen LogP contribution in [0.1, 0.15) is 0 Å². The van der Waals surface area contributed by atoms with Crippen molar-refractivity contribution in [2.45, 2.75) is 0 Å². The Morgan fingerprint density at radius 3 is 1.89 bits per heavy atom. The minimum absolute atomic E-state index is 0.877. The molecular weight excluding hydrogens is 663 g/mol. The van der Waals surface area contributed by atoms with E-state index in [-0.39, 0.29) is 0 Å². The van der Waals surface area contributed by atoms with Crippen LogP contribution >= 0.6 is 11.3 Å². The van der Waals surface area contributed by atoms with Crippen molar-refractivity contribution < 1.29 is 4.42 Å². The van der Waals surface area contributed by atoms with Gasteiger partial charge in [-0.1, -0.05) is 127 Å². The Morgan fingerprint density at radius 2 is 1.00 bits per heavy atom. The van der Waals surface area contributed by atoms with Crippen molar-refractivity contribution in [1.29, 1.82) is 0 Å². The predicted molar refractivity (Wildman–Crippen MR) is 227 cm³/mol. The normalized spacial score (nSPS) is 11.8. The van der Waals surface area contributed by atoms with E-state index in [1.165, 1.54) is 64.0 Å². The zero-order chi connectivity index (χ0) is 34.9. The first kappa shape index (κ1) is 30.0. The molecule has 0 bridgehead atoms. The highest BCUT2D eigenvalue weighted by Gasteiger charge is 2.19. The lowest BCUT2D eigenvalue weighted by Crippen LogP contribution is -2.09. The molecule has 248 valence electrons. The average Bonchev–Trinajstić information content (AvgIpc) is 3.79. The highest BCUT2D eigenvalue weighted by molar-refractivity contribution is 7.26. The van der Waals surface area contributed by atoms with Crippen molar-refractivity contribution in [2.24, 2.45) is 0 Å². The maximum atomic E-state index is 6.41. The van der Waals surface area contributed by atoms with Crippen LogP contribution in [0.5, 0.6) is 0 Å². The van der Waals surface area contributed by atoms with Crippen LogP contribution in [0.2, 0.25) is 0 Å². The molecule has 9 aromatic carbocycles. The van der Waals surface area contributed by atoms with Gasteiger partial charge in [0.25, 0.3) is 0 Å². The molecule has 0 aliphatic carbocycles. The van der Waals surface area contributed by atoms with Gasteiger partial charge in [0, 0.05) is 54.1 Å². The molecule has 0 saturated heterocycles.